The Morgan fingerprint density at radius 2 is 1.84 bits per heavy atom. The second-order valence-corrected chi connectivity index (χ2v) is 11.3. The minimum atomic E-state index is -3.46. The Morgan fingerprint density at radius 3 is 2.54 bits per heavy atom. The highest BCUT2D eigenvalue weighted by molar-refractivity contribution is 7.91. The number of ether oxygens (including phenoxy) is 1. The third-order valence-electron chi connectivity index (χ3n) is 6.27. The predicted molar refractivity (Wildman–Crippen MR) is 146 cm³/mol. The van der Waals surface area contributed by atoms with Gasteiger partial charge in [-0.3, -0.25) is 0 Å². The number of nitrogens with one attached hydrogen (secondary N) is 2. The maximum Gasteiger partial charge on any atom is 0.229 e. The van der Waals surface area contributed by atoms with E-state index in [4.69, 9.17) is 16.3 Å². The van der Waals surface area contributed by atoms with Crippen molar-refractivity contribution in [1.82, 2.24) is 14.9 Å². The summed E-state index contributed by atoms with van der Waals surface area (Å²) in [6.45, 7) is 4.38. The Kier molecular flexibility index (Phi) is 8.86. The van der Waals surface area contributed by atoms with Crippen molar-refractivity contribution in [2.45, 2.75) is 31.1 Å². The summed E-state index contributed by atoms with van der Waals surface area (Å²) in [4.78, 5) is 11.3. The molecule has 0 spiro atoms. The van der Waals surface area contributed by atoms with Crippen LogP contribution < -0.4 is 15.4 Å². The summed E-state index contributed by atoms with van der Waals surface area (Å²) in [7, 11) is -1.84. The maximum absolute atomic E-state index is 12.8. The smallest absolute Gasteiger partial charge is 0.229 e. The molecule has 37 heavy (non-hydrogen) atoms. The molecule has 0 saturated carbocycles. The van der Waals surface area contributed by atoms with E-state index in [1.54, 1.807) is 31.4 Å². The molecule has 0 amide bonds. The quantitative estimate of drug-likeness (QED) is 0.344. The van der Waals surface area contributed by atoms with Crippen molar-refractivity contribution >= 4 is 44.6 Å². The minimum absolute atomic E-state index is 0.0475. The molecule has 0 bridgehead atoms. The van der Waals surface area contributed by atoms with E-state index in [0.29, 0.717) is 24.4 Å². The number of aliphatic hydroxyl groups is 1. The molecule has 0 aliphatic carbocycles. The van der Waals surface area contributed by atoms with Gasteiger partial charge in [0.05, 0.1) is 41.9 Å². The Labute approximate surface area is 222 Å². The van der Waals surface area contributed by atoms with Crippen LogP contribution in [0.3, 0.4) is 0 Å². The van der Waals surface area contributed by atoms with E-state index < -0.39 is 9.84 Å². The first-order chi connectivity index (χ1) is 17.8. The molecule has 0 saturated heterocycles. The number of methoxy groups -OCH3 is 1. The largest absolute Gasteiger partial charge is 0.495 e. The summed E-state index contributed by atoms with van der Waals surface area (Å²) in [6, 6.07) is 10.8. The highest BCUT2D eigenvalue weighted by Gasteiger charge is 2.20. The lowest BCUT2D eigenvalue weighted by Gasteiger charge is -2.17. The number of benzene rings is 2. The molecule has 1 aliphatic heterocycles. The van der Waals surface area contributed by atoms with E-state index in [1.165, 1.54) is 17.3 Å². The van der Waals surface area contributed by atoms with Gasteiger partial charge in [-0.2, -0.15) is 4.98 Å². The molecule has 0 unspecified atom stereocenters. The van der Waals surface area contributed by atoms with Crippen molar-refractivity contribution in [3.05, 3.63) is 58.7 Å². The lowest BCUT2D eigenvalue weighted by atomic mass is 10.0. The van der Waals surface area contributed by atoms with Gasteiger partial charge in [-0.25, -0.2) is 13.4 Å². The van der Waals surface area contributed by atoms with Gasteiger partial charge in [0.15, 0.2) is 15.7 Å². The average Bonchev–Trinajstić information content (AvgIpc) is 3.08. The molecule has 0 fully saturated rings. The Hall–Kier alpha value is -2.92. The molecule has 0 atom stereocenters. The first kappa shape index (κ1) is 27.1. The van der Waals surface area contributed by atoms with E-state index >= 15 is 0 Å². The monoisotopic (exact) mass is 545 g/mol. The van der Waals surface area contributed by atoms with Crippen molar-refractivity contribution < 1.29 is 18.3 Å². The van der Waals surface area contributed by atoms with Crippen LogP contribution >= 0.6 is 11.6 Å². The number of nitrogens with zero attached hydrogens (tertiary/aromatic N) is 3. The summed E-state index contributed by atoms with van der Waals surface area (Å²) in [5, 5.41) is 15.9. The number of aromatic nitrogens is 2. The average molecular weight is 546 g/mol. The summed E-state index contributed by atoms with van der Waals surface area (Å²) in [6.07, 6.45) is 3.70. The van der Waals surface area contributed by atoms with Gasteiger partial charge in [-0.15, -0.1) is 0 Å². The van der Waals surface area contributed by atoms with Gasteiger partial charge in [-0.05, 0) is 54.7 Å². The molecular formula is C26H32ClN5O4S. The van der Waals surface area contributed by atoms with Gasteiger partial charge >= 0.3 is 0 Å². The van der Waals surface area contributed by atoms with E-state index in [-0.39, 0.29) is 34.0 Å². The molecule has 0 radical (unpaired) electrons. The van der Waals surface area contributed by atoms with Gasteiger partial charge in [0.2, 0.25) is 5.95 Å². The lowest BCUT2D eigenvalue weighted by molar-refractivity contribution is 0.201. The molecule has 11 heteroatoms. The highest BCUT2D eigenvalue weighted by Crippen LogP contribution is 2.34. The van der Waals surface area contributed by atoms with Crippen LogP contribution in [0.15, 0.2) is 47.5 Å². The van der Waals surface area contributed by atoms with Gasteiger partial charge in [0.1, 0.15) is 10.8 Å². The van der Waals surface area contributed by atoms with Crippen molar-refractivity contribution in [3.8, 4) is 5.75 Å². The fourth-order valence-electron chi connectivity index (χ4n) is 4.42. The Bertz CT molecular complexity index is 1350. The van der Waals surface area contributed by atoms with Crippen molar-refractivity contribution in [2.75, 3.05) is 49.7 Å². The van der Waals surface area contributed by atoms with Crippen LogP contribution in [0, 0.1) is 0 Å². The second-order valence-electron chi connectivity index (χ2n) is 8.84. The third kappa shape index (κ3) is 6.51. The number of aliphatic hydroxyl groups excluding tert-OH is 1. The first-order valence-corrected chi connectivity index (χ1v) is 14.3. The van der Waals surface area contributed by atoms with Crippen LogP contribution in [-0.2, 0) is 22.7 Å². The van der Waals surface area contributed by atoms with Crippen LogP contribution in [0.4, 0.5) is 23.1 Å². The van der Waals surface area contributed by atoms with Crippen molar-refractivity contribution in [1.29, 1.82) is 0 Å². The topological polar surface area (TPSA) is 117 Å². The van der Waals surface area contributed by atoms with Crippen LogP contribution in [0.5, 0.6) is 5.75 Å². The molecule has 4 rings (SSSR count). The fourth-order valence-corrected chi connectivity index (χ4v) is 6.05. The summed E-state index contributed by atoms with van der Waals surface area (Å²) >= 11 is 6.38. The number of hydrogen-bond acceptors (Lipinski definition) is 9. The van der Waals surface area contributed by atoms with Crippen LogP contribution in [0.2, 0.25) is 5.02 Å². The maximum atomic E-state index is 12.8. The number of β-amino-alcohol motifs (C(OH)–C–C–N with tert-alkyl or cyclic N) is 1. The highest BCUT2D eigenvalue weighted by atomic mass is 35.5. The normalized spacial score (nSPS) is 14.1. The van der Waals surface area contributed by atoms with Crippen molar-refractivity contribution in [2.24, 2.45) is 0 Å². The Morgan fingerprint density at radius 1 is 1.11 bits per heavy atom. The lowest BCUT2D eigenvalue weighted by Crippen LogP contribution is -2.29. The molecule has 198 valence electrons. The molecule has 2 aromatic carbocycles. The third-order valence-corrected chi connectivity index (χ3v) is 8.52. The van der Waals surface area contributed by atoms with Crippen LogP contribution in [0.1, 0.15) is 24.5 Å². The molecule has 9 nitrogen and oxygen atoms in total. The molecule has 1 aromatic heterocycles. The molecule has 1 aliphatic rings. The van der Waals surface area contributed by atoms with Crippen LogP contribution in [0.25, 0.3) is 0 Å². The number of hydrogen-bond donors (Lipinski definition) is 3. The van der Waals surface area contributed by atoms with E-state index in [2.05, 4.69) is 25.5 Å². The number of rotatable bonds is 10. The number of fused-ring (bicyclic) bond motifs is 1. The predicted octanol–water partition coefficient (Wildman–Crippen LogP) is 4.20. The number of anilines is 4. The Balaban J connectivity index is 1.61. The molecular weight excluding hydrogens is 514 g/mol. The summed E-state index contributed by atoms with van der Waals surface area (Å²) in [5.41, 5.74) is 3.53. The zero-order valence-electron chi connectivity index (χ0n) is 21.0. The first-order valence-electron chi connectivity index (χ1n) is 12.3. The van der Waals surface area contributed by atoms with Gasteiger partial charge in [0.25, 0.3) is 0 Å². The van der Waals surface area contributed by atoms with Gasteiger partial charge in [0, 0.05) is 19.6 Å². The zero-order valence-corrected chi connectivity index (χ0v) is 22.6. The van der Waals surface area contributed by atoms with Gasteiger partial charge in [-0.1, -0.05) is 30.7 Å². The summed E-state index contributed by atoms with van der Waals surface area (Å²) < 4.78 is 31.2. The number of para-hydroxylation sites is 1. The number of sulfone groups is 1. The second kappa shape index (κ2) is 12.1. The SMILES string of the molecule is CCCS(=O)(=O)c1ccccc1Nc1nc(Nc2cc3c(cc2OC)CCN(CCO)CC3)ncc1Cl. The molecule has 2 heterocycles. The van der Waals surface area contributed by atoms with E-state index in [0.717, 1.165) is 31.6 Å². The van der Waals surface area contributed by atoms with E-state index in [9.17, 15) is 13.5 Å². The van der Waals surface area contributed by atoms with Crippen LogP contribution in [-0.4, -0.2) is 67.5 Å². The summed E-state index contributed by atoms with van der Waals surface area (Å²) in [5.74, 6) is 1.28. The fraction of sp³-hybridized carbons (Fsp3) is 0.385. The van der Waals surface area contributed by atoms with E-state index in [1.807, 2.05) is 19.1 Å². The zero-order chi connectivity index (χ0) is 26.4. The number of halogens is 1. The van der Waals surface area contributed by atoms with Gasteiger partial charge < -0.3 is 25.4 Å². The van der Waals surface area contributed by atoms with Crippen molar-refractivity contribution in [3.63, 3.8) is 0 Å². The molecule has 3 aromatic rings. The molecule has 3 N–H and O–H groups in total. The minimum Gasteiger partial charge on any atom is -0.495 e. The standard InChI is InChI=1S/C26H32ClN5O4S/c1-3-14-37(34,35)24-7-5-4-6-21(24)29-25-20(27)17-28-26(31-25)30-22-15-18-8-10-32(12-13-33)11-9-19(18)16-23(22)36-2/h4-7,15-17,33H,3,8-14H2,1-2H3,(H2,28,29,30,31).